The number of rotatable bonds is 4. The van der Waals surface area contributed by atoms with Gasteiger partial charge in [-0.05, 0) is 24.8 Å². The van der Waals surface area contributed by atoms with Crippen LogP contribution in [0.2, 0.25) is 0 Å². The Hall–Kier alpha value is -2.21. The van der Waals surface area contributed by atoms with Crippen molar-refractivity contribution in [2.75, 3.05) is 13.7 Å². The zero-order valence-electron chi connectivity index (χ0n) is 12.5. The molecule has 6 heteroatoms. The summed E-state index contributed by atoms with van der Waals surface area (Å²) in [4.78, 5) is 18.9. The Labute approximate surface area is 129 Å². The molecule has 0 radical (unpaired) electrons. The van der Waals surface area contributed by atoms with E-state index in [-0.39, 0.29) is 11.9 Å². The molecule has 1 saturated heterocycles. The van der Waals surface area contributed by atoms with Gasteiger partial charge in [0.15, 0.2) is 11.9 Å². The largest absolute Gasteiger partial charge is 0.367 e. The maximum absolute atomic E-state index is 13.0. The van der Waals surface area contributed by atoms with Gasteiger partial charge in [-0.15, -0.1) is 0 Å². The lowest BCUT2D eigenvalue weighted by atomic mass is 9.99. The molecule has 1 fully saturated rings. The maximum atomic E-state index is 13.0. The summed E-state index contributed by atoms with van der Waals surface area (Å²) in [5.41, 5.74) is 0.854. The third kappa shape index (κ3) is 2.87. The van der Waals surface area contributed by atoms with Crippen LogP contribution in [0.1, 0.15) is 42.8 Å². The highest BCUT2D eigenvalue weighted by Crippen LogP contribution is 2.32. The molecule has 6 nitrogen and oxygen atoms in total. The number of hydrogen-bond donors (Lipinski definition) is 0. The third-order valence-electron chi connectivity index (χ3n) is 4.02. The SMILES string of the molecule is COC(C(=O)N1CCCCC1c1ncon1)c1ccccc1. The van der Waals surface area contributed by atoms with E-state index >= 15 is 0 Å². The van der Waals surface area contributed by atoms with Gasteiger partial charge in [-0.2, -0.15) is 4.98 Å². The van der Waals surface area contributed by atoms with Crippen molar-refractivity contribution in [1.29, 1.82) is 0 Å². The van der Waals surface area contributed by atoms with Gasteiger partial charge in [-0.3, -0.25) is 4.79 Å². The minimum absolute atomic E-state index is 0.0526. The fourth-order valence-corrected chi connectivity index (χ4v) is 2.95. The van der Waals surface area contributed by atoms with E-state index in [0.29, 0.717) is 12.4 Å². The first kappa shape index (κ1) is 14.7. The predicted octanol–water partition coefficient (Wildman–Crippen LogP) is 2.51. The molecule has 0 N–H and O–H groups in total. The van der Waals surface area contributed by atoms with Crippen LogP contribution in [-0.2, 0) is 9.53 Å². The van der Waals surface area contributed by atoms with Crippen molar-refractivity contribution >= 4 is 5.91 Å². The Kier molecular flexibility index (Phi) is 4.48. The summed E-state index contributed by atoms with van der Waals surface area (Å²) in [5.74, 6) is 0.513. The summed E-state index contributed by atoms with van der Waals surface area (Å²) in [6, 6.07) is 9.40. The van der Waals surface area contributed by atoms with Gasteiger partial charge in [0.2, 0.25) is 6.39 Å². The lowest BCUT2D eigenvalue weighted by Gasteiger charge is -2.35. The number of methoxy groups -OCH3 is 1. The molecule has 22 heavy (non-hydrogen) atoms. The van der Waals surface area contributed by atoms with Gasteiger partial charge in [0.1, 0.15) is 0 Å². The molecule has 2 unspecified atom stereocenters. The number of carbonyl (C=O) groups is 1. The van der Waals surface area contributed by atoms with Crippen LogP contribution in [0.5, 0.6) is 0 Å². The minimum atomic E-state index is -0.603. The van der Waals surface area contributed by atoms with E-state index in [1.54, 1.807) is 7.11 Å². The standard InChI is InChI=1S/C16H19N3O3/c1-21-14(12-7-3-2-4-8-12)16(20)19-10-6-5-9-13(19)15-17-11-22-18-15/h2-4,7-8,11,13-14H,5-6,9-10H2,1H3. The van der Waals surface area contributed by atoms with Crippen molar-refractivity contribution < 1.29 is 14.1 Å². The van der Waals surface area contributed by atoms with Crippen LogP contribution in [0.25, 0.3) is 0 Å². The number of hydrogen-bond acceptors (Lipinski definition) is 5. The Morgan fingerprint density at radius 3 is 2.86 bits per heavy atom. The molecule has 1 aliphatic rings. The zero-order chi connectivity index (χ0) is 15.4. The van der Waals surface area contributed by atoms with E-state index in [1.807, 2.05) is 35.2 Å². The zero-order valence-corrected chi connectivity index (χ0v) is 12.5. The molecular formula is C16H19N3O3. The van der Waals surface area contributed by atoms with Crippen molar-refractivity contribution in [2.45, 2.75) is 31.4 Å². The number of nitrogens with zero attached hydrogens (tertiary/aromatic N) is 3. The molecule has 1 aromatic heterocycles. The van der Waals surface area contributed by atoms with Crippen LogP contribution in [0.4, 0.5) is 0 Å². The highest BCUT2D eigenvalue weighted by atomic mass is 16.5. The molecule has 2 atom stereocenters. The van der Waals surface area contributed by atoms with Crippen molar-refractivity contribution in [3.8, 4) is 0 Å². The molecule has 1 aliphatic heterocycles. The fourth-order valence-electron chi connectivity index (χ4n) is 2.95. The highest BCUT2D eigenvalue weighted by Gasteiger charge is 2.35. The summed E-state index contributed by atoms with van der Waals surface area (Å²) in [5, 5.41) is 3.91. The Bertz CT molecular complexity index is 600. The molecular weight excluding hydrogens is 282 g/mol. The number of benzene rings is 1. The second-order valence-corrected chi connectivity index (χ2v) is 5.36. The monoisotopic (exact) mass is 301 g/mol. The second kappa shape index (κ2) is 6.70. The first-order valence-electron chi connectivity index (χ1n) is 7.45. The van der Waals surface area contributed by atoms with Gasteiger partial charge in [0.05, 0.1) is 6.04 Å². The smallest absolute Gasteiger partial charge is 0.256 e. The molecule has 0 aliphatic carbocycles. The van der Waals surface area contributed by atoms with E-state index in [1.165, 1.54) is 6.39 Å². The van der Waals surface area contributed by atoms with Gasteiger partial charge in [-0.25, -0.2) is 0 Å². The summed E-state index contributed by atoms with van der Waals surface area (Å²) in [7, 11) is 1.56. The summed E-state index contributed by atoms with van der Waals surface area (Å²) >= 11 is 0. The number of piperidine rings is 1. The first-order chi connectivity index (χ1) is 10.8. The van der Waals surface area contributed by atoms with E-state index in [0.717, 1.165) is 24.8 Å². The normalized spacial score (nSPS) is 19.9. The number of amides is 1. The number of aromatic nitrogens is 2. The van der Waals surface area contributed by atoms with E-state index in [9.17, 15) is 4.79 Å². The van der Waals surface area contributed by atoms with Gasteiger partial charge < -0.3 is 14.2 Å². The highest BCUT2D eigenvalue weighted by molar-refractivity contribution is 5.82. The fraction of sp³-hybridized carbons (Fsp3) is 0.438. The molecule has 1 amide bonds. The Balaban J connectivity index is 1.85. The van der Waals surface area contributed by atoms with Crippen LogP contribution in [-0.4, -0.2) is 34.6 Å². The average Bonchev–Trinajstić information content (AvgIpc) is 3.11. The van der Waals surface area contributed by atoms with Crippen LogP contribution >= 0.6 is 0 Å². The van der Waals surface area contributed by atoms with Crippen LogP contribution in [0, 0.1) is 0 Å². The van der Waals surface area contributed by atoms with Crippen LogP contribution in [0.3, 0.4) is 0 Å². The molecule has 0 bridgehead atoms. The number of ether oxygens (including phenoxy) is 1. The second-order valence-electron chi connectivity index (χ2n) is 5.36. The number of carbonyl (C=O) groups excluding carboxylic acids is 1. The van der Waals surface area contributed by atoms with Crippen LogP contribution in [0.15, 0.2) is 41.2 Å². The minimum Gasteiger partial charge on any atom is -0.367 e. The van der Waals surface area contributed by atoms with Gasteiger partial charge >= 0.3 is 0 Å². The quantitative estimate of drug-likeness (QED) is 0.868. The summed E-state index contributed by atoms with van der Waals surface area (Å²) in [6.45, 7) is 0.685. The molecule has 116 valence electrons. The van der Waals surface area contributed by atoms with Crippen molar-refractivity contribution in [1.82, 2.24) is 15.0 Å². The molecule has 1 aromatic carbocycles. The van der Waals surface area contributed by atoms with Crippen LogP contribution < -0.4 is 0 Å². The predicted molar refractivity (Wildman–Crippen MR) is 78.8 cm³/mol. The lowest BCUT2D eigenvalue weighted by molar-refractivity contribution is -0.146. The summed E-state index contributed by atoms with van der Waals surface area (Å²) < 4.78 is 10.3. The van der Waals surface area contributed by atoms with E-state index in [4.69, 9.17) is 9.26 Å². The average molecular weight is 301 g/mol. The van der Waals surface area contributed by atoms with Crippen molar-refractivity contribution in [3.05, 3.63) is 48.1 Å². The topological polar surface area (TPSA) is 68.5 Å². The first-order valence-corrected chi connectivity index (χ1v) is 7.45. The lowest BCUT2D eigenvalue weighted by Crippen LogP contribution is -2.42. The summed E-state index contributed by atoms with van der Waals surface area (Å²) in [6.07, 6.45) is 3.57. The molecule has 2 aromatic rings. The van der Waals surface area contributed by atoms with E-state index < -0.39 is 6.10 Å². The van der Waals surface area contributed by atoms with Crippen molar-refractivity contribution in [2.24, 2.45) is 0 Å². The maximum Gasteiger partial charge on any atom is 0.256 e. The van der Waals surface area contributed by atoms with Gasteiger partial charge in [0, 0.05) is 13.7 Å². The Morgan fingerprint density at radius 2 is 2.18 bits per heavy atom. The third-order valence-corrected chi connectivity index (χ3v) is 4.02. The Morgan fingerprint density at radius 1 is 1.36 bits per heavy atom. The molecule has 0 spiro atoms. The molecule has 0 saturated carbocycles. The van der Waals surface area contributed by atoms with E-state index in [2.05, 4.69) is 10.1 Å². The van der Waals surface area contributed by atoms with Gasteiger partial charge in [0.25, 0.3) is 5.91 Å². The van der Waals surface area contributed by atoms with Gasteiger partial charge in [-0.1, -0.05) is 35.5 Å². The molecule has 3 rings (SSSR count). The van der Waals surface area contributed by atoms with Crippen molar-refractivity contribution in [3.63, 3.8) is 0 Å². The molecule has 2 heterocycles. The number of likely N-dealkylation sites (tertiary alicyclic amines) is 1.